The van der Waals surface area contributed by atoms with Gasteiger partial charge >= 0.3 is 0 Å². The van der Waals surface area contributed by atoms with Crippen LogP contribution in [-0.2, 0) is 11.8 Å². The molecule has 0 aliphatic carbocycles. The van der Waals surface area contributed by atoms with Crippen molar-refractivity contribution >= 4 is 23.5 Å². The molecule has 1 unspecified atom stereocenters. The molecule has 1 aromatic carbocycles. The summed E-state index contributed by atoms with van der Waals surface area (Å²) in [4.78, 5) is 12.2. The van der Waals surface area contributed by atoms with Crippen molar-refractivity contribution in [3.8, 4) is 5.69 Å². The zero-order valence-electron chi connectivity index (χ0n) is 13.4. The Morgan fingerprint density at radius 2 is 2.04 bits per heavy atom. The maximum atomic E-state index is 12.2. The Kier molecular flexibility index (Phi) is 3.65. The Bertz CT molecular complexity index is 899. The third-order valence-corrected chi connectivity index (χ3v) is 5.32. The highest BCUT2D eigenvalue weighted by Crippen LogP contribution is 2.42. The van der Waals surface area contributed by atoms with Gasteiger partial charge in [0.1, 0.15) is 5.82 Å². The van der Waals surface area contributed by atoms with E-state index in [0.29, 0.717) is 5.75 Å². The van der Waals surface area contributed by atoms with Gasteiger partial charge in [-0.15, -0.1) is 11.8 Å². The molecule has 0 spiro atoms. The third-order valence-electron chi connectivity index (χ3n) is 4.05. The largest absolute Gasteiger partial charge is 0.310 e. The Morgan fingerprint density at radius 1 is 1.25 bits per heavy atom. The van der Waals surface area contributed by atoms with Gasteiger partial charge in [0.25, 0.3) is 0 Å². The predicted octanol–water partition coefficient (Wildman–Crippen LogP) is 2.69. The molecule has 24 heavy (non-hydrogen) atoms. The summed E-state index contributed by atoms with van der Waals surface area (Å²) in [6.45, 7) is 2.00. The number of anilines is 1. The van der Waals surface area contributed by atoms with E-state index in [2.05, 4.69) is 15.5 Å². The standard InChI is InChI=1S/C17H17N5OS/c1-11-14(9-21(2)20-11)16-13-8-18-22(12-6-4-3-5-7-12)17(13)19-15(23)10-24-16/h3-9,16H,10H2,1-2H3,(H,19,23). The minimum absolute atomic E-state index is 0.0111. The molecule has 1 N–H and O–H groups in total. The number of nitrogens with one attached hydrogen (secondary N) is 1. The fourth-order valence-electron chi connectivity index (χ4n) is 2.99. The summed E-state index contributed by atoms with van der Waals surface area (Å²) in [5.74, 6) is 1.13. The van der Waals surface area contributed by atoms with Gasteiger partial charge < -0.3 is 5.32 Å². The number of fused-ring (bicyclic) bond motifs is 1. The van der Waals surface area contributed by atoms with Crippen molar-refractivity contribution in [1.82, 2.24) is 19.6 Å². The van der Waals surface area contributed by atoms with Gasteiger partial charge in [0.2, 0.25) is 5.91 Å². The number of carbonyl (C=O) groups excluding carboxylic acids is 1. The van der Waals surface area contributed by atoms with Gasteiger partial charge in [0.05, 0.1) is 28.6 Å². The Hall–Kier alpha value is -2.54. The number of amides is 1. The molecular formula is C17H17N5OS. The average molecular weight is 339 g/mol. The van der Waals surface area contributed by atoms with Crippen LogP contribution in [0, 0.1) is 6.92 Å². The van der Waals surface area contributed by atoms with Crippen molar-refractivity contribution in [2.45, 2.75) is 12.2 Å². The highest BCUT2D eigenvalue weighted by molar-refractivity contribution is 8.00. The second-order valence-corrected chi connectivity index (χ2v) is 6.87. The van der Waals surface area contributed by atoms with Gasteiger partial charge in [0, 0.05) is 24.4 Å². The van der Waals surface area contributed by atoms with E-state index in [0.717, 1.165) is 28.3 Å². The number of nitrogens with zero attached hydrogens (tertiary/aromatic N) is 4. The lowest BCUT2D eigenvalue weighted by Gasteiger charge is -2.13. The van der Waals surface area contributed by atoms with Crippen LogP contribution in [0.3, 0.4) is 0 Å². The number of hydrogen-bond donors (Lipinski definition) is 1. The molecule has 0 radical (unpaired) electrons. The highest BCUT2D eigenvalue weighted by Gasteiger charge is 2.30. The molecule has 1 amide bonds. The highest BCUT2D eigenvalue weighted by atomic mass is 32.2. The number of rotatable bonds is 2. The lowest BCUT2D eigenvalue weighted by atomic mass is 10.1. The van der Waals surface area contributed by atoms with Crippen molar-refractivity contribution in [2.24, 2.45) is 7.05 Å². The van der Waals surface area contributed by atoms with Gasteiger partial charge in [0.15, 0.2) is 0 Å². The number of hydrogen-bond acceptors (Lipinski definition) is 4. The van der Waals surface area contributed by atoms with Crippen LogP contribution in [0.2, 0.25) is 0 Å². The van der Waals surface area contributed by atoms with Gasteiger partial charge in [-0.2, -0.15) is 10.2 Å². The predicted molar refractivity (Wildman–Crippen MR) is 94.4 cm³/mol. The van der Waals surface area contributed by atoms with Gasteiger partial charge in [-0.05, 0) is 19.1 Å². The molecule has 6 nitrogen and oxygen atoms in total. The van der Waals surface area contributed by atoms with Crippen LogP contribution >= 0.6 is 11.8 Å². The smallest absolute Gasteiger partial charge is 0.235 e. The molecule has 2 aromatic heterocycles. The Labute approximate surface area is 143 Å². The zero-order valence-corrected chi connectivity index (χ0v) is 14.2. The topological polar surface area (TPSA) is 64.7 Å². The second kappa shape index (κ2) is 5.83. The first-order valence-electron chi connectivity index (χ1n) is 7.68. The van der Waals surface area contributed by atoms with Crippen molar-refractivity contribution in [1.29, 1.82) is 0 Å². The summed E-state index contributed by atoms with van der Waals surface area (Å²) < 4.78 is 3.60. The van der Waals surface area contributed by atoms with Crippen LogP contribution in [0.4, 0.5) is 5.82 Å². The van der Waals surface area contributed by atoms with Crippen molar-refractivity contribution in [3.63, 3.8) is 0 Å². The first-order chi connectivity index (χ1) is 11.6. The number of para-hydroxylation sites is 1. The number of thioether (sulfide) groups is 1. The van der Waals surface area contributed by atoms with Gasteiger partial charge in [-0.3, -0.25) is 9.48 Å². The number of carbonyl (C=O) groups is 1. The molecule has 1 aliphatic rings. The third kappa shape index (κ3) is 2.50. The molecule has 0 bridgehead atoms. The molecule has 4 rings (SSSR count). The molecule has 0 saturated heterocycles. The van der Waals surface area contributed by atoms with E-state index in [1.54, 1.807) is 16.4 Å². The fourth-order valence-corrected chi connectivity index (χ4v) is 4.15. The molecule has 0 fully saturated rings. The minimum atomic E-state index is -0.0111. The van der Waals surface area contributed by atoms with E-state index < -0.39 is 0 Å². The summed E-state index contributed by atoms with van der Waals surface area (Å²) in [5.41, 5.74) is 4.02. The van der Waals surface area contributed by atoms with Crippen LogP contribution in [-0.4, -0.2) is 31.2 Å². The van der Waals surface area contributed by atoms with Crippen LogP contribution < -0.4 is 5.32 Å². The molecule has 1 atom stereocenters. The minimum Gasteiger partial charge on any atom is -0.310 e. The summed E-state index contributed by atoms with van der Waals surface area (Å²) >= 11 is 1.61. The van der Waals surface area contributed by atoms with Crippen molar-refractivity contribution in [2.75, 3.05) is 11.1 Å². The maximum Gasteiger partial charge on any atom is 0.235 e. The van der Waals surface area contributed by atoms with Crippen LogP contribution in [0.15, 0.2) is 42.7 Å². The van der Waals surface area contributed by atoms with Crippen molar-refractivity contribution in [3.05, 3.63) is 59.5 Å². The van der Waals surface area contributed by atoms with E-state index in [1.807, 2.05) is 61.4 Å². The quantitative estimate of drug-likeness (QED) is 0.780. The van der Waals surface area contributed by atoms with E-state index in [-0.39, 0.29) is 11.2 Å². The average Bonchev–Trinajstić information content (AvgIpc) is 3.08. The Balaban J connectivity index is 1.86. The summed E-state index contributed by atoms with van der Waals surface area (Å²) in [6, 6.07) is 9.82. The number of aromatic nitrogens is 4. The van der Waals surface area contributed by atoms with Crippen LogP contribution in [0.25, 0.3) is 5.69 Å². The summed E-state index contributed by atoms with van der Waals surface area (Å²) in [5, 5.41) is 12.0. The first-order valence-corrected chi connectivity index (χ1v) is 8.73. The van der Waals surface area contributed by atoms with E-state index in [9.17, 15) is 4.79 Å². The monoisotopic (exact) mass is 339 g/mol. The lowest BCUT2D eigenvalue weighted by Crippen LogP contribution is -2.15. The van der Waals surface area contributed by atoms with Crippen molar-refractivity contribution < 1.29 is 4.79 Å². The molecular weight excluding hydrogens is 322 g/mol. The van der Waals surface area contributed by atoms with Gasteiger partial charge in [-0.1, -0.05) is 18.2 Å². The van der Waals surface area contributed by atoms with Crippen LogP contribution in [0.1, 0.15) is 22.1 Å². The van der Waals surface area contributed by atoms with E-state index in [4.69, 9.17) is 0 Å². The molecule has 3 aromatic rings. The Morgan fingerprint density at radius 3 is 2.75 bits per heavy atom. The molecule has 1 aliphatic heterocycles. The molecule has 3 heterocycles. The normalized spacial score (nSPS) is 17.2. The zero-order chi connectivity index (χ0) is 16.7. The number of aryl methyl sites for hydroxylation is 2. The van der Waals surface area contributed by atoms with E-state index >= 15 is 0 Å². The summed E-state index contributed by atoms with van der Waals surface area (Å²) in [6.07, 6.45) is 3.87. The molecule has 122 valence electrons. The van der Waals surface area contributed by atoms with E-state index in [1.165, 1.54) is 0 Å². The number of benzene rings is 1. The lowest BCUT2D eigenvalue weighted by molar-refractivity contribution is -0.113. The summed E-state index contributed by atoms with van der Waals surface area (Å²) in [7, 11) is 1.91. The fraction of sp³-hybridized carbons (Fsp3) is 0.235. The first kappa shape index (κ1) is 15.0. The molecule has 0 saturated carbocycles. The van der Waals surface area contributed by atoms with Gasteiger partial charge in [-0.25, -0.2) is 4.68 Å². The molecule has 7 heteroatoms. The SMILES string of the molecule is Cc1nn(C)cc1C1SCC(=O)Nc2c1cnn2-c1ccccc1. The van der Waals surface area contributed by atoms with Crippen LogP contribution in [0.5, 0.6) is 0 Å². The second-order valence-electron chi connectivity index (χ2n) is 5.78. The maximum absolute atomic E-state index is 12.2.